The molecule has 0 bridgehead atoms. The number of fused-ring (bicyclic) bond motifs is 2. The minimum Gasteiger partial charge on any atom is -0.492 e. The first kappa shape index (κ1) is 26.1. The molecule has 11 heteroatoms. The van der Waals surface area contributed by atoms with Gasteiger partial charge in [0, 0.05) is 63.4 Å². The summed E-state index contributed by atoms with van der Waals surface area (Å²) in [5, 5.41) is 17.9. The fraction of sp³-hybridized carbons (Fsp3) is 0.615. The SMILES string of the molecule is CC(C)c1ccc2c(c1)OCCC1(CCN(Cc3cnn(C)c3)CC1)NC(=O)[C@@H]1C[C@@H](O)CN1S2(=O)=O. The van der Waals surface area contributed by atoms with Crippen molar-refractivity contribution in [2.75, 3.05) is 26.2 Å². The van der Waals surface area contributed by atoms with Crippen LogP contribution in [0.5, 0.6) is 5.75 Å². The first-order valence-corrected chi connectivity index (χ1v) is 14.5. The van der Waals surface area contributed by atoms with E-state index in [-0.39, 0.29) is 29.7 Å². The van der Waals surface area contributed by atoms with E-state index in [1.807, 2.05) is 33.3 Å². The molecule has 1 spiro atoms. The Morgan fingerprint density at radius 1 is 1.24 bits per heavy atom. The third-order valence-corrected chi connectivity index (χ3v) is 9.88. The molecular formula is C26H37N5O5S. The third-order valence-electron chi connectivity index (χ3n) is 7.96. The van der Waals surface area contributed by atoms with Gasteiger partial charge in [-0.1, -0.05) is 19.9 Å². The average Bonchev–Trinajstić information content (AvgIpc) is 3.45. The molecule has 2 saturated heterocycles. The van der Waals surface area contributed by atoms with Crippen LogP contribution in [0.3, 0.4) is 0 Å². The molecule has 2 aromatic rings. The second-order valence-electron chi connectivity index (χ2n) is 11.0. The Bertz CT molecular complexity index is 1250. The maximum Gasteiger partial charge on any atom is 0.247 e. The van der Waals surface area contributed by atoms with Crippen LogP contribution in [0.4, 0.5) is 0 Å². The fourth-order valence-corrected chi connectivity index (χ4v) is 7.46. The van der Waals surface area contributed by atoms with Crippen molar-refractivity contribution in [2.45, 2.75) is 74.6 Å². The number of sulfonamides is 1. The smallest absolute Gasteiger partial charge is 0.247 e. The number of aromatic nitrogens is 2. The number of likely N-dealkylation sites (tertiary alicyclic amines) is 1. The zero-order valence-electron chi connectivity index (χ0n) is 21.8. The summed E-state index contributed by atoms with van der Waals surface area (Å²) in [5.74, 6) is 0.169. The summed E-state index contributed by atoms with van der Waals surface area (Å²) in [6.45, 7) is 6.64. The lowest BCUT2D eigenvalue weighted by atomic mass is 9.84. The van der Waals surface area contributed by atoms with E-state index < -0.39 is 27.7 Å². The summed E-state index contributed by atoms with van der Waals surface area (Å²) >= 11 is 0. The number of carbonyl (C=O) groups is 1. The van der Waals surface area contributed by atoms with Crippen LogP contribution in [0.2, 0.25) is 0 Å². The zero-order chi connectivity index (χ0) is 26.4. The van der Waals surface area contributed by atoms with Crippen molar-refractivity contribution in [1.29, 1.82) is 0 Å². The number of rotatable bonds is 3. The summed E-state index contributed by atoms with van der Waals surface area (Å²) in [7, 11) is -2.15. The van der Waals surface area contributed by atoms with Crippen LogP contribution in [0.25, 0.3) is 0 Å². The molecule has 3 aliphatic heterocycles. The van der Waals surface area contributed by atoms with Gasteiger partial charge in [-0.3, -0.25) is 14.4 Å². The number of piperidine rings is 1. The Hall–Kier alpha value is -2.47. The van der Waals surface area contributed by atoms with E-state index in [0.717, 1.165) is 47.9 Å². The average molecular weight is 532 g/mol. The van der Waals surface area contributed by atoms with E-state index >= 15 is 0 Å². The molecule has 37 heavy (non-hydrogen) atoms. The van der Waals surface area contributed by atoms with Gasteiger partial charge in [0.05, 0.1) is 18.9 Å². The monoisotopic (exact) mass is 531 g/mol. The lowest BCUT2D eigenvalue weighted by Crippen LogP contribution is -2.59. The Morgan fingerprint density at radius 3 is 2.68 bits per heavy atom. The standard InChI is InChI=1S/C26H37N5O5S/c1-18(2)20-4-5-24-23(12-20)36-11-8-26(6-9-30(10-7-26)16-19-14-27-29(3)15-19)28-25(33)22-13-21(32)17-31(22)37(24,34)35/h4-5,12,14-15,18,21-22,32H,6-11,13,16-17H2,1-3H3,(H,28,33)/t21-,22+/m1/s1. The summed E-state index contributed by atoms with van der Waals surface area (Å²) in [6, 6.07) is 4.21. The van der Waals surface area contributed by atoms with E-state index in [0.29, 0.717) is 18.8 Å². The highest BCUT2D eigenvalue weighted by Gasteiger charge is 2.47. The van der Waals surface area contributed by atoms with Crippen molar-refractivity contribution >= 4 is 15.9 Å². The number of nitrogens with one attached hydrogen (secondary N) is 1. The molecule has 1 amide bonds. The molecule has 1 aromatic carbocycles. The molecular weight excluding hydrogens is 494 g/mol. The van der Waals surface area contributed by atoms with Crippen LogP contribution >= 0.6 is 0 Å². The van der Waals surface area contributed by atoms with E-state index in [1.54, 1.807) is 22.9 Å². The van der Waals surface area contributed by atoms with Crippen molar-refractivity contribution in [2.24, 2.45) is 7.05 Å². The second kappa shape index (κ2) is 10.0. The van der Waals surface area contributed by atoms with Crippen LogP contribution in [-0.2, 0) is 28.4 Å². The van der Waals surface area contributed by atoms with Crippen molar-refractivity contribution in [3.05, 3.63) is 41.7 Å². The van der Waals surface area contributed by atoms with Gasteiger partial charge in [0.1, 0.15) is 16.7 Å². The molecule has 2 N–H and O–H groups in total. The molecule has 0 aliphatic carbocycles. The maximum absolute atomic E-state index is 13.7. The lowest BCUT2D eigenvalue weighted by molar-refractivity contribution is -0.127. The van der Waals surface area contributed by atoms with Gasteiger partial charge < -0.3 is 15.2 Å². The molecule has 3 aliphatic rings. The zero-order valence-corrected chi connectivity index (χ0v) is 22.6. The van der Waals surface area contributed by atoms with Gasteiger partial charge in [0.15, 0.2) is 0 Å². The first-order valence-electron chi connectivity index (χ1n) is 13.0. The molecule has 4 heterocycles. The number of nitrogens with zero attached hydrogens (tertiary/aromatic N) is 4. The number of aryl methyl sites for hydroxylation is 1. The fourth-order valence-electron chi connectivity index (χ4n) is 5.71. The van der Waals surface area contributed by atoms with Crippen molar-refractivity contribution < 1.29 is 23.1 Å². The van der Waals surface area contributed by atoms with Crippen LogP contribution in [0, 0.1) is 0 Å². The minimum absolute atomic E-state index is 0.0473. The minimum atomic E-state index is -4.06. The maximum atomic E-state index is 13.7. The van der Waals surface area contributed by atoms with E-state index in [2.05, 4.69) is 15.3 Å². The third kappa shape index (κ3) is 5.27. The highest BCUT2D eigenvalue weighted by atomic mass is 32.2. The largest absolute Gasteiger partial charge is 0.492 e. The van der Waals surface area contributed by atoms with Crippen molar-refractivity contribution in [3.63, 3.8) is 0 Å². The molecule has 0 unspecified atom stereocenters. The number of carbonyl (C=O) groups excluding carboxylic acids is 1. The molecule has 0 saturated carbocycles. The topological polar surface area (TPSA) is 117 Å². The number of hydrogen-bond acceptors (Lipinski definition) is 7. The van der Waals surface area contributed by atoms with Gasteiger partial charge in [-0.15, -0.1) is 0 Å². The van der Waals surface area contributed by atoms with Crippen LogP contribution < -0.4 is 10.1 Å². The van der Waals surface area contributed by atoms with E-state index in [4.69, 9.17) is 4.74 Å². The van der Waals surface area contributed by atoms with Crippen LogP contribution in [0.1, 0.15) is 56.6 Å². The molecule has 10 nitrogen and oxygen atoms in total. The van der Waals surface area contributed by atoms with Gasteiger partial charge in [0.2, 0.25) is 15.9 Å². The lowest BCUT2D eigenvalue weighted by Gasteiger charge is -2.43. The molecule has 5 rings (SSSR count). The number of aliphatic hydroxyl groups excluding tert-OH is 1. The number of amides is 1. The van der Waals surface area contributed by atoms with Gasteiger partial charge in [-0.05, 0) is 36.5 Å². The van der Waals surface area contributed by atoms with E-state index in [9.17, 15) is 18.3 Å². The summed E-state index contributed by atoms with van der Waals surface area (Å²) in [6.07, 6.45) is 5.08. The van der Waals surface area contributed by atoms with Gasteiger partial charge in [0.25, 0.3) is 0 Å². The second-order valence-corrected chi connectivity index (χ2v) is 12.9. The van der Waals surface area contributed by atoms with Gasteiger partial charge in [-0.2, -0.15) is 9.40 Å². The predicted molar refractivity (Wildman–Crippen MR) is 138 cm³/mol. The predicted octanol–water partition coefficient (Wildman–Crippen LogP) is 1.60. The number of benzene rings is 1. The molecule has 1 aromatic heterocycles. The summed E-state index contributed by atoms with van der Waals surface area (Å²) in [5.41, 5.74) is 1.62. The summed E-state index contributed by atoms with van der Waals surface area (Å²) < 4.78 is 36.6. The highest BCUT2D eigenvalue weighted by Crippen LogP contribution is 2.36. The van der Waals surface area contributed by atoms with Gasteiger partial charge in [-0.25, -0.2) is 8.42 Å². The normalized spacial score (nSPS) is 26.2. The molecule has 2 fully saturated rings. The Balaban J connectivity index is 1.43. The number of aliphatic hydroxyl groups is 1. The Morgan fingerprint density at radius 2 is 2.00 bits per heavy atom. The van der Waals surface area contributed by atoms with Crippen LogP contribution in [-0.4, -0.2) is 82.3 Å². The summed E-state index contributed by atoms with van der Waals surface area (Å²) in [4.78, 5) is 16.0. The quantitative estimate of drug-likeness (QED) is 0.618. The Kier molecular flexibility index (Phi) is 7.08. The van der Waals surface area contributed by atoms with Crippen molar-refractivity contribution in [3.8, 4) is 5.75 Å². The van der Waals surface area contributed by atoms with Crippen molar-refractivity contribution in [1.82, 2.24) is 24.3 Å². The Labute approximate surface area is 218 Å². The molecule has 0 radical (unpaired) electrons. The highest BCUT2D eigenvalue weighted by molar-refractivity contribution is 7.89. The first-order chi connectivity index (χ1) is 17.6. The van der Waals surface area contributed by atoms with Gasteiger partial charge >= 0.3 is 0 Å². The number of hydrogen-bond donors (Lipinski definition) is 2. The van der Waals surface area contributed by atoms with E-state index in [1.165, 1.54) is 0 Å². The number of ether oxygens (including phenoxy) is 1. The molecule has 202 valence electrons. The van der Waals surface area contributed by atoms with Crippen LogP contribution in [0.15, 0.2) is 35.5 Å². The molecule has 2 atom stereocenters.